The van der Waals surface area contributed by atoms with E-state index in [1.54, 1.807) is 4.90 Å². The zero-order valence-electron chi connectivity index (χ0n) is 14.7. The van der Waals surface area contributed by atoms with Gasteiger partial charge >= 0.3 is 12.2 Å². The van der Waals surface area contributed by atoms with Crippen molar-refractivity contribution in [3.8, 4) is 0 Å². The van der Waals surface area contributed by atoms with Crippen LogP contribution in [0.3, 0.4) is 0 Å². The highest BCUT2D eigenvalue weighted by Gasteiger charge is 2.34. The highest BCUT2D eigenvalue weighted by molar-refractivity contribution is 7.13. The largest absolute Gasteiger partial charge is 0.419 e. The maximum absolute atomic E-state index is 13.0. The molecule has 3 heterocycles. The highest BCUT2D eigenvalue weighted by Crippen LogP contribution is 2.33. The number of hydrogen-bond acceptors (Lipinski definition) is 5. The third-order valence-electron chi connectivity index (χ3n) is 4.41. The number of nitrogens with one attached hydrogen (secondary N) is 2. The number of aryl methyl sites for hydroxylation is 1. The van der Waals surface area contributed by atoms with Crippen LogP contribution in [-0.4, -0.2) is 40.5 Å². The van der Waals surface area contributed by atoms with Crippen molar-refractivity contribution in [3.63, 3.8) is 0 Å². The molecule has 27 heavy (non-hydrogen) atoms. The first kappa shape index (κ1) is 19.4. The molecule has 10 heteroatoms. The lowest BCUT2D eigenvalue weighted by atomic mass is 9.97. The first-order valence-electron chi connectivity index (χ1n) is 8.57. The summed E-state index contributed by atoms with van der Waals surface area (Å²) in [6.07, 6.45) is -1.67. The number of likely N-dealkylation sites (tertiary alicyclic amines) is 1. The van der Waals surface area contributed by atoms with Gasteiger partial charge in [-0.25, -0.2) is 14.8 Å². The van der Waals surface area contributed by atoms with Crippen LogP contribution in [-0.2, 0) is 6.18 Å². The number of pyridine rings is 1. The van der Waals surface area contributed by atoms with Crippen LogP contribution in [0.4, 0.5) is 28.9 Å². The lowest BCUT2D eigenvalue weighted by Crippen LogP contribution is -2.42. The molecule has 0 atom stereocenters. The molecule has 1 saturated heterocycles. The van der Waals surface area contributed by atoms with Crippen molar-refractivity contribution < 1.29 is 18.0 Å². The predicted octanol–water partition coefficient (Wildman–Crippen LogP) is 4.22. The monoisotopic (exact) mass is 399 g/mol. The van der Waals surface area contributed by atoms with Gasteiger partial charge in [-0.1, -0.05) is 0 Å². The molecule has 0 bridgehead atoms. The number of halogens is 3. The predicted molar refractivity (Wildman–Crippen MR) is 97.9 cm³/mol. The van der Waals surface area contributed by atoms with E-state index in [1.165, 1.54) is 23.6 Å². The number of hydrogen-bond donors (Lipinski definition) is 2. The van der Waals surface area contributed by atoms with Gasteiger partial charge in [0.05, 0.1) is 11.3 Å². The summed E-state index contributed by atoms with van der Waals surface area (Å²) in [5, 5.41) is 8.02. The standard InChI is InChI=1S/C17H20F3N5OS/c1-11-10-27-15(23-11)24-16(26)25-7-4-12(5-8-25)9-22-14-13(17(18,19)20)3-2-6-21-14/h2-3,6,10,12H,4-5,7-9H2,1H3,(H,21,22)(H,23,24,26). The van der Waals surface area contributed by atoms with E-state index < -0.39 is 11.7 Å². The number of anilines is 2. The van der Waals surface area contributed by atoms with E-state index in [9.17, 15) is 18.0 Å². The molecule has 0 unspecified atom stereocenters. The van der Waals surface area contributed by atoms with Gasteiger partial charge in [-0.3, -0.25) is 5.32 Å². The molecule has 2 N–H and O–H groups in total. The average molecular weight is 399 g/mol. The molecular formula is C17H20F3N5OS. The number of alkyl halides is 3. The minimum atomic E-state index is -4.44. The molecule has 1 aliphatic rings. The normalized spacial score (nSPS) is 15.6. The smallest absolute Gasteiger partial charge is 0.369 e. The second kappa shape index (κ2) is 8.12. The number of rotatable bonds is 4. The van der Waals surface area contributed by atoms with E-state index in [0.29, 0.717) is 37.6 Å². The Labute approximate surface area is 158 Å². The summed E-state index contributed by atoms with van der Waals surface area (Å²) in [5.74, 6) is 0.0311. The van der Waals surface area contributed by atoms with Crippen LogP contribution in [0.25, 0.3) is 0 Å². The minimum Gasteiger partial charge on any atom is -0.369 e. The fraction of sp³-hybridized carbons (Fsp3) is 0.471. The summed E-state index contributed by atoms with van der Waals surface area (Å²) in [4.78, 5) is 22.0. The van der Waals surface area contributed by atoms with Crippen LogP contribution in [0.1, 0.15) is 24.1 Å². The van der Waals surface area contributed by atoms with Crippen molar-refractivity contribution in [2.75, 3.05) is 30.3 Å². The maximum Gasteiger partial charge on any atom is 0.419 e. The summed E-state index contributed by atoms with van der Waals surface area (Å²) in [6, 6.07) is 2.09. The van der Waals surface area contributed by atoms with Crippen LogP contribution in [0.15, 0.2) is 23.7 Å². The van der Waals surface area contributed by atoms with Crippen molar-refractivity contribution in [1.82, 2.24) is 14.9 Å². The number of nitrogens with zero attached hydrogens (tertiary/aromatic N) is 3. The molecule has 1 fully saturated rings. The van der Waals surface area contributed by atoms with Crippen LogP contribution < -0.4 is 10.6 Å². The van der Waals surface area contributed by atoms with Crippen LogP contribution >= 0.6 is 11.3 Å². The molecule has 0 radical (unpaired) electrons. The topological polar surface area (TPSA) is 70.2 Å². The van der Waals surface area contributed by atoms with Gasteiger partial charge in [0.25, 0.3) is 0 Å². The van der Waals surface area contributed by atoms with Crippen molar-refractivity contribution >= 4 is 28.3 Å². The van der Waals surface area contributed by atoms with Gasteiger partial charge in [-0.15, -0.1) is 11.3 Å². The van der Waals surface area contributed by atoms with Gasteiger partial charge in [0, 0.05) is 31.2 Å². The summed E-state index contributed by atoms with van der Waals surface area (Å²) < 4.78 is 39.0. The number of thiazole rings is 1. The second-order valence-corrected chi connectivity index (χ2v) is 7.29. The Morgan fingerprint density at radius 2 is 2.11 bits per heavy atom. The van der Waals surface area contributed by atoms with Crippen molar-refractivity contribution in [2.24, 2.45) is 5.92 Å². The lowest BCUT2D eigenvalue weighted by Gasteiger charge is -2.32. The lowest BCUT2D eigenvalue weighted by molar-refractivity contribution is -0.137. The number of piperidine rings is 1. The molecule has 0 spiro atoms. The van der Waals surface area contributed by atoms with Crippen molar-refractivity contribution in [2.45, 2.75) is 25.9 Å². The summed E-state index contributed by atoms with van der Waals surface area (Å²) in [6.45, 7) is 3.35. The molecule has 2 aromatic rings. The van der Waals surface area contributed by atoms with E-state index in [4.69, 9.17) is 0 Å². The maximum atomic E-state index is 13.0. The average Bonchev–Trinajstić information content (AvgIpc) is 3.04. The van der Waals surface area contributed by atoms with Gasteiger partial charge in [0.1, 0.15) is 5.82 Å². The number of aromatic nitrogens is 2. The minimum absolute atomic E-state index is 0.149. The number of urea groups is 1. The van der Waals surface area contributed by atoms with Crippen LogP contribution in [0, 0.1) is 12.8 Å². The first-order chi connectivity index (χ1) is 12.8. The fourth-order valence-electron chi connectivity index (χ4n) is 2.94. The summed E-state index contributed by atoms with van der Waals surface area (Å²) in [5.41, 5.74) is 0.0911. The summed E-state index contributed by atoms with van der Waals surface area (Å²) in [7, 11) is 0. The molecule has 0 aliphatic carbocycles. The number of carbonyl (C=O) groups excluding carboxylic acids is 1. The Morgan fingerprint density at radius 3 is 2.74 bits per heavy atom. The zero-order chi connectivity index (χ0) is 19.4. The van der Waals surface area contributed by atoms with Crippen LogP contribution in [0.2, 0.25) is 0 Å². The highest BCUT2D eigenvalue weighted by atomic mass is 32.1. The first-order valence-corrected chi connectivity index (χ1v) is 9.45. The molecular weight excluding hydrogens is 379 g/mol. The Hall–Kier alpha value is -2.36. The summed E-state index contributed by atoms with van der Waals surface area (Å²) >= 11 is 1.37. The zero-order valence-corrected chi connectivity index (χ0v) is 15.5. The Morgan fingerprint density at radius 1 is 1.37 bits per heavy atom. The molecule has 0 aromatic carbocycles. The molecule has 2 amide bonds. The third kappa shape index (κ3) is 5.09. The Bertz CT molecular complexity index is 787. The third-order valence-corrected chi connectivity index (χ3v) is 5.28. The van der Waals surface area contributed by atoms with E-state index >= 15 is 0 Å². The van der Waals surface area contributed by atoms with E-state index in [2.05, 4.69) is 20.6 Å². The van der Waals surface area contributed by atoms with Gasteiger partial charge < -0.3 is 10.2 Å². The van der Waals surface area contributed by atoms with Crippen molar-refractivity contribution in [1.29, 1.82) is 0 Å². The Balaban J connectivity index is 1.48. The van der Waals surface area contributed by atoms with Crippen molar-refractivity contribution in [3.05, 3.63) is 35.0 Å². The second-order valence-electron chi connectivity index (χ2n) is 6.43. The Kier molecular flexibility index (Phi) is 5.83. The van der Waals surface area contributed by atoms with E-state index in [-0.39, 0.29) is 17.8 Å². The van der Waals surface area contributed by atoms with Gasteiger partial charge in [-0.2, -0.15) is 13.2 Å². The quantitative estimate of drug-likeness (QED) is 0.808. The van der Waals surface area contributed by atoms with Crippen LogP contribution in [0.5, 0.6) is 0 Å². The molecule has 0 saturated carbocycles. The van der Waals surface area contributed by atoms with Gasteiger partial charge in [-0.05, 0) is 37.8 Å². The number of amides is 2. The van der Waals surface area contributed by atoms with Gasteiger partial charge in [0.15, 0.2) is 5.13 Å². The molecule has 2 aromatic heterocycles. The number of carbonyl (C=O) groups is 1. The molecule has 3 rings (SSSR count). The molecule has 1 aliphatic heterocycles. The molecule has 6 nitrogen and oxygen atoms in total. The van der Waals surface area contributed by atoms with E-state index in [0.717, 1.165) is 11.8 Å². The fourth-order valence-corrected chi connectivity index (χ4v) is 3.62. The SMILES string of the molecule is Cc1csc(NC(=O)N2CCC(CNc3ncccc3C(F)(F)F)CC2)n1. The molecule has 146 valence electrons. The van der Waals surface area contributed by atoms with Gasteiger partial charge in [0.2, 0.25) is 0 Å². The van der Waals surface area contributed by atoms with E-state index in [1.807, 2.05) is 12.3 Å².